The molecule has 8 nitrogen and oxygen atoms in total. The van der Waals surface area contributed by atoms with Crippen LogP contribution in [0.5, 0.6) is 0 Å². The second-order valence-electron chi connectivity index (χ2n) is 9.56. The van der Waals surface area contributed by atoms with Crippen LogP contribution < -0.4 is 5.32 Å². The number of benzene rings is 1. The largest absolute Gasteiger partial charge is 0.322 e. The summed E-state index contributed by atoms with van der Waals surface area (Å²) in [7, 11) is -3.15. The van der Waals surface area contributed by atoms with Crippen molar-refractivity contribution in [2.75, 3.05) is 16.8 Å². The number of carbonyl (C=O) groups is 1. The van der Waals surface area contributed by atoms with Gasteiger partial charge in [0.15, 0.2) is 9.84 Å². The standard InChI is InChI=1S/C29H24ClN5O3S2/c30-26-8-7-25(39-26)28-23(17-19-4-3-5-20(16-19)29(36)33-21-9-13-31-14-10-21)27(24-6-1-2-12-32-24)34-35(28)22-11-15-40(37,38)18-22/h1-10,12-14,16,22H,11,15,17-18H2,(H,31,33,36). The SMILES string of the molecule is O=C(Nc1ccncc1)c1cccc(Cc2c(-c3ccccn3)nn(C3CCS(=O)(=O)C3)c2-c2ccc(Cl)s2)c1. The van der Waals surface area contributed by atoms with Crippen molar-refractivity contribution in [3.63, 3.8) is 0 Å². The van der Waals surface area contributed by atoms with E-state index in [4.69, 9.17) is 16.7 Å². The van der Waals surface area contributed by atoms with Crippen molar-refractivity contribution in [2.24, 2.45) is 0 Å². The molecule has 1 saturated heterocycles. The van der Waals surface area contributed by atoms with Gasteiger partial charge in [0.1, 0.15) is 5.69 Å². The molecule has 1 aromatic carbocycles. The molecule has 6 rings (SSSR count). The molecule has 0 radical (unpaired) electrons. The van der Waals surface area contributed by atoms with Gasteiger partial charge in [-0.2, -0.15) is 5.10 Å². The molecule has 5 aromatic rings. The number of hydrogen-bond acceptors (Lipinski definition) is 7. The summed E-state index contributed by atoms with van der Waals surface area (Å²) in [5.74, 6) is -0.0625. The fourth-order valence-electron chi connectivity index (χ4n) is 4.95. The van der Waals surface area contributed by atoms with Crippen LogP contribution in [-0.4, -0.2) is 45.6 Å². The zero-order valence-electron chi connectivity index (χ0n) is 21.2. The molecule has 11 heteroatoms. The van der Waals surface area contributed by atoms with Crippen molar-refractivity contribution < 1.29 is 13.2 Å². The maximum atomic E-state index is 13.0. The van der Waals surface area contributed by atoms with Crippen LogP contribution >= 0.6 is 22.9 Å². The van der Waals surface area contributed by atoms with Gasteiger partial charge in [0.2, 0.25) is 0 Å². The molecule has 1 atom stereocenters. The molecule has 1 aliphatic heterocycles. The van der Waals surface area contributed by atoms with E-state index < -0.39 is 9.84 Å². The van der Waals surface area contributed by atoms with Gasteiger partial charge in [-0.3, -0.25) is 19.4 Å². The third kappa shape index (κ3) is 5.56. The summed E-state index contributed by atoms with van der Waals surface area (Å²) in [6, 6.07) is 20.0. The molecule has 0 bridgehead atoms. The van der Waals surface area contributed by atoms with Crippen molar-refractivity contribution in [2.45, 2.75) is 18.9 Å². The van der Waals surface area contributed by atoms with Crippen LogP contribution in [0.25, 0.3) is 22.0 Å². The lowest BCUT2D eigenvalue weighted by Gasteiger charge is -2.14. The maximum absolute atomic E-state index is 13.0. The summed E-state index contributed by atoms with van der Waals surface area (Å²) in [6.45, 7) is 0. The van der Waals surface area contributed by atoms with Crippen LogP contribution in [-0.2, 0) is 16.3 Å². The first-order valence-corrected chi connectivity index (χ1v) is 15.7. The lowest BCUT2D eigenvalue weighted by molar-refractivity contribution is 0.102. The topological polar surface area (TPSA) is 107 Å². The number of nitrogens with zero attached hydrogens (tertiary/aromatic N) is 4. The van der Waals surface area contributed by atoms with Crippen LogP contribution in [0.2, 0.25) is 4.34 Å². The molecule has 1 unspecified atom stereocenters. The fourth-order valence-corrected chi connectivity index (χ4v) is 7.75. The average molecular weight is 590 g/mol. The Morgan fingerprint density at radius 3 is 2.60 bits per heavy atom. The number of anilines is 1. The molecule has 1 fully saturated rings. The lowest BCUT2D eigenvalue weighted by Crippen LogP contribution is -2.14. The number of halogens is 1. The minimum atomic E-state index is -3.15. The Bertz CT molecular complexity index is 1790. The van der Waals surface area contributed by atoms with Gasteiger partial charge in [-0.1, -0.05) is 29.8 Å². The minimum absolute atomic E-state index is 0.0343. The number of aromatic nitrogens is 4. The Morgan fingerprint density at radius 2 is 1.90 bits per heavy atom. The van der Waals surface area contributed by atoms with Crippen LogP contribution in [0.15, 0.2) is 85.3 Å². The zero-order chi connectivity index (χ0) is 27.7. The third-order valence-electron chi connectivity index (χ3n) is 6.79. The van der Waals surface area contributed by atoms with Crippen LogP contribution in [0.4, 0.5) is 5.69 Å². The van der Waals surface area contributed by atoms with E-state index in [1.54, 1.807) is 36.8 Å². The summed E-state index contributed by atoms with van der Waals surface area (Å²) in [5, 5.41) is 7.89. The maximum Gasteiger partial charge on any atom is 0.255 e. The molecule has 1 aliphatic rings. The number of rotatable bonds is 7. The molecule has 4 aromatic heterocycles. The molecule has 0 aliphatic carbocycles. The van der Waals surface area contributed by atoms with Gasteiger partial charge in [-0.15, -0.1) is 11.3 Å². The molecule has 1 amide bonds. The van der Waals surface area contributed by atoms with Crippen LogP contribution in [0.3, 0.4) is 0 Å². The zero-order valence-corrected chi connectivity index (χ0v) is 23.6. The van der Waals surface area contributed by atoms with E-state index in [0.717, 1.165) is 21.7 Å². The van der Waals surface area contributed by atoms with Crippen molar-refractivity contribution in [1.29, 1.82) is 0 Å². The molecule has 0 saturated carbocycles. The van der Waals surface area contributed by atoms with E-state index in [0.29, 0.717) is 39.8 Å². The number of sulfone groups is 1. The van der Waals surface area contributed by atoms with Gasteiger partial charge >= 0.3 is 0 Å². The molecule has 5 heterocycles. The second kappa shape index (κ2) is 11.0. The molecule has 40 heavy (non-hydrogen) atoms. The van der Waals surface area contributed by atoms with E-state index in [9.17, 15) is 13.2 Å². The minimum Gasteiger partial charge on any atom is -0.322 e. The van der Waals surface area contributed by atoms with E-state index in [2.05, 4.69) is 15.3 Å². The second-order valence-corrected chi connectivity index (χ2v) is 13.5. The Balaban J connectivity index is 1.45. The van der Waals surface area contributed by atoms with Crippen molar-refractivity contribution in [1.82, 2.24) is 19.7 Å². The monoisotopic (exact) mass is 589 g/mol. The highest BCUT2D eigenvalue weighted by Gasteiger charge is 2.34. The number of hydrogen-bond donors (Lipinski definition) is 1. The Morgan fingerprint density at radius 1 is 1.05 bits per heavy atom. The normalized spacial score (nSPS) is 16.2. The summed E-state index contributed by atoms with van der Waals surface area (Å²) >= 11 is 7.78. The van der Waals surface area contributed by atoms with Gasteiger partial charge in [0.25, 0.3) is 5.91 Å². The summed E-state index contributed by atoms with van der Waals surface area (Å²) in [4.78, 5) is 22.5. The quantitative estimate of drug-likeness (QED) is 0.252. The average Bonchev–Trinajstić information content (AvgIpc) is 3.66. The first-order valence-electron chi connectivity index (χ1n) is 12.7. The van der Waals surface area contributed by atoms with E-state index in [-0.39, 0.29) is 23.5 Å². The van der Waals surface area contributed by atoms with Crippen molar-refractivity contribution in [3.8, 4) is 22.0 Å². The fraction of sp³-hybridized carbons (Fsp3) is 0.172. The summed E-state index contributed by atoms with van der Waals surface area (Å²) < 4.78 is 27.4. The van der Waals surface area contributed by atoms with Gasteiger partial charge in [-0.25, -0.2) is 8.42 Å². The number of pyridine rings is 2. The number of carbonyl (C=O) groups excluding carboxylic acids is 1. The molecular formula is C29H24ClN5O3S2. The Labute approximate surface area is 240 Å². The lowest BCUT2D eigenvalue weighted by atomic mass is 9.98. The Hall–Kier alpha value is -3.86. The number of amides is 1. The predicted octanol–water partition coefficient (Wildman–Crippen LogP) is 5.92. The first-order chi connectivity index (χ1) is 19.4. The smallest absolute Gasteiger partial charge is 0.255 e. The van der Waals surface area contributed by atoms with Gasteiger partial charge in [0.05, 0.1) is 38.1 Å². The Kier molecular flexibility index (Phi) is 7.22. The van der Waals surface area contributed by atoms with E-state index in [1.165, 1.54) is 11.3 Å². The van der Waals surface area contributed by atoms with Gasteiger partial charge < -0.3 is 5.32 Å². The van der Waals surface area contributed by atoms with Crippen molar-refractivity contribution >= 4 is 44.4 Å². The van der Waals surface area contributed by atoms with Crippen molar-refractivity contribution in [3.05, 3.63) is 106 Å². The highest BCUT2D eigenvalue weighted by molar-refractivity contribution is 7.91. The molecular weight excluding hydrogens is 566 g/mol. The van der Waals surface area contributed by atoms with Crippen LogP contribution in [0, 0.1) is 0 Å². The predicted molar refractivity (Wildman–Crippen MR) is 158 cm³/mol. The molecule has 1 N–H and O–H groups in total. The molecule has 202 valence electrons. The summed E-state index contributed by atoms with van der Waals surface area (Å²) in [6.07, 6.45) is 5.89. The third-order valence-corrected chi connectivity index (χ3v) is 9.77. The number of nitrogens with one attached hydrogen (secondary N) is 1. The highest BCUT2D eigenvalue weighted by atomic mass is 35.5. The van der Waals surface area contributed by atoms with Gasteiger partial charge in [0, 0.05) is 41.8 Å². The first kappa shape index (κ1) is 26.4. The van der Waals surface area contributed by atoms with Gasteiger partial charge in [-0.05, 0) is 60.5 Å². The highest BCUT2D eigenvalue weighted by Crippen LogP contribution is 2.41. The number of thiophene rings is 1. The van der Waals surface area contributed by atoms with Crippen LogP contribution in [0.1, 0.15) is 33.9 Å². The van der Waals surface area contributed by atoms with E-state index >= 15 is 0 Å². The summed E-state index contributed by atoms with van der Waals surface area (Å²) in [5.41, 5.74) is 5.17. The van der Waals surface area contributed by atoms with E-state index in [1.807, 2.05) is 53.2 Å². The molecule has 0 spiro atoms.